The molecule has 0 aromatic rings. The number of rotatable bonds is 13. The maximum Gasteiger partial charge on any atom is 0.460 e. The molecule has 0 spiro atoms. The number of unbranched alkanes of at least 4 members (excludes halogenated alkanes) is 1. The van der Waals surface area contributed by atoms with Crippen molar-refractivity contribution in [3.05, 3.63) is 9.66 Å². The maximum atomic E-state index is 14.0. The summed E-state index contributed by atoms with van der Waals surface area (Å²) in [5.74, 6) is -56.3. The van der Waals surface area contributed by atoms with Crippen molar-refractivity contribution in [2.24, 2.45) is 0 Å². The average molecular weight is 758 g/mol. The van der Waals surface area contributed by atoms with Gasteiger partial charge >= 0.3 is 47.6 Å². The Morgan fingerprint density at radius 2 is 0.950 bits per heavy atom. The van der Waals surface area contributed by atoms with E-state index in [2.05, 4.69) is 0 Å². The van der Waals surface area contributed by atoms with Gasteiger partial charge in [0.15, 0.2) is 8.32 Å². The van der Waals surface area contributed by atoms with Gasteiger partial charge in [-0.2, -0.15) is 74.6 Å². The van der Waals surface area contributed by atoms with Crippen molar-refractivity contribution in [3.63, 3.8) is 0 Å². The molecule has 0 fully saturated rings. The topological polar surface area (TPSA) is 9.23 Å². The second-order valence-corrected chi connectivity index (χ2v) is 16.4. The van der Waals surface area contributed by atoms with Crippen LogP contribution in [-0.2, 0) is 4.43 Å². The zero-order chi connectivity index (χ0) is 32.8. The van der Waals surface area contributed by atoms with Gasteiger partial charge in [0.05, 0.1) is 0 Å². The molecule has 0 saturated carbocycles. The molecule has 20 heteroatoms. The molecule has 0 saturated heterocycles. The van der Waals surface area contributed by atoms with Crippen molar-refractivity contribution in [1.82, 2.24) is 0 Å². The third kappa shape index (κ3) is 6.82. The number of hydrogen-bond acceptors (Lipinski definition) is 1. The fourth-order valence-electron chi connectivity index (χ4n) is 2.48. The van der Waals surface area contributed by atoms with Gasteiger partial charge in [-0.3, -0.25) is 0 Å². The highest BCUT2D eigenvalue weighted by atomic mass is 127. The smallest absolute Gasteiger partial charge is 0.417 e. The van der Waals surface area contributed by atoms with Crippen LogP contribution < -0.4 is 0 Å². The van der Waals surface area contributed by atoms with Gasteiger partial charge in [-0.25, -0.2) is 0 Å². The molecule has 0 rings (SSSR count). The molecule has 0 unspecified atom stereocenters. The first-order valence-electron chi connectivity index (χ1n) is 10.8. The van der Waals surface area contributed by atoms with Crippen LogP contribution in [-0.4, -0.2) is 62.6 Å². The molecule has 240 valence electrons. The van der Waals surface area contributed by atoms with Gasteiger partial charge in [0.25, 0.3) is 0 Å². The van der Waals surface area contributed by atoms with Crippen molar-refractivity contribution in [3.8, 4) is 0 Å². The van der Waals surface area contributed by atoms with Crippen LogP contribution in [0.3, 0.4) is 0 Å². The Morgan fingerprint density at radius 1 is 0.600 bits per heavy atom. The average Bonchev–Trinajstić information content (AvgIpc) is 2.70. The SMILES string of the molecule is CC(C)(C)[Si](C)(C)OCCCCC(I)=CC(F)(F)C(F)(F)C(F)(F)C(F)(F)C(F)(F)C(F)(F)C(F)(F)C(F)(F)F. The van der Waals surface area contributed by atoms with Gasteiger partial charge in [0.2, 0.25) is 0 Å². The number of alkyl halides is 17. The molecule has 0 amide bonds. The van der Waals surface area contributed by atoms with E-state index < -0.39 is 72.0 Å². The molecule has 0 aromatic heterocycles. The number of hydrogen-bond donors (Lipinski definition) is 0. The second kappa shape index (κ2) is 11.5. The third-order valence-corrected chi connectivity index (χ3v) is 11.6. The zero-order valence-electron chi connectivity index (χ0n) is 21.1. The predicted octanol–water partition coefficient (Wildman–Crippen LogP) is 10.5. The lowest BCUT2D eigenvalue weighted by atomic mass is 9.89. The van der Waals surface area contributed by atoms with E-state index in [-0.39, 0.29) is 24.5 Å². The quantitative estimate of drug-likeness (QED) is 0.0787. The lowest BCUT2D eigenvalue weighted by Crippen LogP contribution is -2.74. The lowest BCUT2D eigenvalue weighted by Gasteiger charge is -2.42. The molecular weight excluding hydrogens is 734 g/mol. The summed E-state index contributed by atoms with van der Waals surface area (Å²) in [6, 6.07) is 0. The van der Waals surface area contributed by atoms with Crippen molar-refractivity contribution in [2.45, 2.75) is 106 Å². The van der Waals surface area contributed by atoms with Crippen LogP contribution >= 0.6 is 22.6 Å². The van der Waals surface area contributed by atoms with Gasteiger partial charge in [-0.15, -0.1) is 0 Å². The van der Waals surface area contributed by atoms with Crippen molar-refractivity contribution < 1.29 is 79.1 Å². The first-order valence-corrected chi connectivity index (χ1v) is 14.8. The van der Waals surface area contributed by atoms with E-state index in [9.17, 15) is 74.6 Å². The molecule has 0 N–H and O–H groups in total. The summed E-state index contributed by atoms with van der Waals surface area (Å²) in [4.78, 5) is 0. The van der Waals surface area contributed by atoms with E-state index >= 15 is 0 Å². The minimum Gasteiger partial charge on any atom is -0.417 e. The first-order chi connectivity index (χ1) is 17.1. The van der Waals surface area contributed by atoms with Crippen LogP contribution in [0.4, 0.5) is 74.6 Å². The van der Waals surface area contributed by atoms with Gasteiger partial charge in [0.1, 0.15) is 0 Å². The van der Waals surface area contributed by atoms with Gasteiger partial charge in [-0.05, 0) is 63.6 Å². The Labute approximate surface area is 232 Å². The van der Waals surface area contributed by atoms with Crippen molar-refractivity contribution in [2.75, 3.05) is 6.61 Å². The van der Waals surface area contributed by atoms with Crippen LogP contribution in [0, 0.1) is 0 Å². The Hall–Kier alpha value is -0.543. The first kappa shape index (κ1) is 39.5. The minimum absolute atomic E-state index is 0.0448. The highest BCUT2D eigenvalue weighted by molar-refractivity contribution is 14.1. The van der Waals surface area contributed by atoms with E-state index in [1.165, 1.54) is 0 Å². The summed E-state index contributed by atoms with van der Waals surface area (Å²) < 4.78 is 231. The number of halogens is 18. The molecule has 0 aromatic carbocycles. The van der Waals surface area contributed by atoms with Crippen molar-refractivity contribution >= 4 is 30.9 Å². The largest absolute Gasteiger partial charge is 0.460 e. The van der Waals surface area contributed by atoms with Gasteiger partial charge < -0.3 is 4.43 Å². The molecule has 40 heavy (non-hydrogen) atoms. The molecule has 1 nitrogen and oxygen atoms in total. The molecule has 0 heterocycles. The summed E-state index contributed by atoms with van der Waals surface area (Å²) in [6.45, 7) is 9.38. The molecule has 0 aliphatic heterocycles. The minimum atomic E-state index is -8.62. The molecule has 0 atom stereocenters. The van der Waals surface area contributed by atoms with Crippen molar-refractivity contribution in [1.29, 1.82) is 0 Å². The predicted molar refractivity (Wildman–Crippen MR) is 120 cm³/mol. The molecule has 0 radical (unpaired) electrons. The summed E-state index contributed by atoms with van der Waals surface area (Å²) >= 11 is 0.876. The maximum absolute atomic E-state index is 14.0. The summed E-state index contributed by atoms with van der Waals surface area (Å²) in [5.41, 5.74) is 0. The zero-order valence-corrected chi connectivity index (χ0v) is 24.3. The summed E-state index contributed by atoms with van der Waals surface area (Å²) in [7, 11) is -2.25. The third-order valence-electron chi connectivity index (χ3n) is 6.16. The highest BCUT2D eigenvalue weighted by Crippen LogP contribution is 2.64. The van der Waals surface area contributed by atoms with Gasteiger partial charge in [-0.1, -0.05) is 20.8 Å². The Kier molecular flexibility index (Phi) is 11.4. The Morgan fingerprint density at radius 3 is 1.30 bits per heavy atom. The van der Waals surface area contributed by atoms with Gasteiger partial charge in [0, 0.05) is 12.7 Å². The lowest BCUT2D eigenvalue weighted by molar-refractivity contribution is -0.459. The van der Waals surface area contributed by atoms with E-state index in [1.54, 1.807) is 0 Å². The van der Waals surface area contributed by atoms with E-state index in [1.807, 2.05) is 33.9 Å². The molecule has 0 aliphatic rings. The molecular formula is C20H24F17IOSi. The summed E-state index contributed by atoms with van der Waals surface area (Å²) in [6.07, 6.45) is -9.47. The molecule has 0 bridgehead atoms. The fourth-order valence-corrected chi connectivity index (χ4v) is 4.34. The Bertz CT molecular complexity index is 904. The highest BCUT2D eigenvalue weighted by Gasteiger charge is 2.95. The fraction of sp³-hybridized carbons (Fsp3) is 0.900. The Balaban J connectivity index is 6.05. The number of allylic oxidation sites excluding steroid dienone is 2. The van der Waals surface area contributed by atoms with Crippen LogP contribution in [0.25, 0.3) is 0 Å². The monoisotopic (exact) mass is 758 g/mol. The normalized spacial score (nSPS) is 16.5. The second-order valence-electron chi connectivity index (χ2n) is 10.2. The van der Waals surface area contributed by atoms with E-state index in [4.69, 9.17) is 4.43 Å². The summed E-state index contributed by atoms with van der Waals surface area (Å²) in [5, 5.41) is -0.230. The van der Waals surface area contributed by atoms with Crippen LogP contribution in [0.2, 0.25) is 18.1 Å². The van der Waals surface area contributed by atoms with E-state index in [0.29, 0.717) is 0 Å². The molecule has 0 aliphatic carbocycles. The van der Waals surface area contributed by atoms with E-state index in [0.717, 1.165) is 22.6 Å². The van der Waals surface area contributed by atoms with Crippen LogP contribution in [0.15, 0.2) is 9.66 Å². The van der Waals surface area contributed by atoms with Crippen LogP contribution in [0.1, 0.15) is 40.0 Å². The van der Waals surface area contributed by atoms with Crippen LogP contribution in [0.5, 0.6) is 0 Å². The standard InChI is InChI=1S/C20H24F17IOSi/c1-12(2,3)40(4,5)39-9-7-6-8-11(38)10-13(21,22)14(23,24)15(25,26)16(27,28)17(29,30)18(31,32)19(33,34)20(35,36)37/h10H,6-9H2,1-5H3.